The number of nitro benzene ring substituents is 1. The van der Waals surface area contributed by atoms with E-state index in [9.17, 15) is 10.1 Å². The van der Waals surface area contributed by atoms with Crippen LogP contribution in [-0.2, 0) is 11.3 Å². The molecule has 1 aromatic rings. The van der Waals surface area contributed by atoms with Crippen molar-refractivity contribution in [3.63, 3.8) is 0 Å². The highest BCUT2D eigenvalue weighted by Gasteiger charge is 2.28. The van der Waals surface area contributed by atoms with Gasteiger partial charge in [-0.15, -0.1) is 0 Å². The third kappa shape index (κ3) is 3.99. The number of nitrogens with zero attached hydrogens (tertiary/aromatic N) is 1. The van der Waals surface area contributed by atoms with Crippen molar-refractivity contribution in [2.24, 2.45) is 0 Å². The maximum absolute atomic E-state index is 10.8. The summed E-state index contributed by atoms with van der Waals surface area (Å²) in [5, 5.41) is 14.1. The summed E-state index contributed by atoms with van der Waals surface area (Å²) in [4.78, 5) is 10.4. The fourth-order valence-corrected chi connectivity index (χ4v) is 2.82. The highest BCUT2D eigenvalue weighted by Crippen LogP contribution is 2.24. The number of rotatable bonds is 5. The van der Waals surface area contributed by atoms with Crippen molar-refractivity contribution in [2.75, 3.05) is 13.2 Å². The fraction of sp³-hybridized carbons (Fsp3) is 0.538. The molecule has 1 atom stereocenters. The average Bonchev–Trinajstić information content (AvgIpc) is 2.75. The number of nitrogens with one attached hydrogen (secondary N) is 1. The smallest absolute Gasteiger partial charge is 0.270 e. The molecule has 0 radical (unpaired) electrons. The second-order valence-electron chi connectivity index (χ2n) is 5.08. The van der Waals surface area contributed by atoms with E-state index in [2.05, 4.69) is 28.2 Å². The zero-order valence-electron chi connectivity index (χ0n) is 10.8. The Hall–Kier alpha value is -0.980. The number of nitro groups is 1. The number of non-ortho nitro benzene ring substituents is 1. The first-order valence-electron chi connectivity index (χ1n) is 6.27. The van der Waals surface area contributed by atoms with Gasteiger partial charge < -0.3 is 10.1 Å². The van der Waals surface area contributed by atoms with E-state index in [0.717, 1.165) is 36.0 Å². The molecule has 1 fully saturated rings. The molecule has 2 rings (SSSR count). The van der Waals surface area contributed by atoms with Gasteiger partial charge in [0.25, 0.3) is 5.69 Å². The van der Waals surface area contributed by atoms with Gasteiger partial charge in [-0.2, -0.15) is 0 Å². The first kappa shape index (κ1) is 14.4. The average molecular weight is 329 g/mol. The Morgan fingerprint density at radius 3 is 2.95 bits per heavy atom. The van der Waals surface area contributed by atoms with E-state index in [4.69, 9.17) is 4.74 Å². The van der Waals surface area contributed by atoms with Crippen LogP contribution in [0.25, 0.3) is 0 Å². The van der Waals surface area contributed by atoms with Crippen LogP contribution < -0.4 is 5.32 Å². The molecule has 0 bridgehead atoms. The summed E-state index contributed by atoms with van der Waals surface area (Å²) >= 11 is 3.29. The highest BCUT2D eigenvalue weighted by atomic mass is 79.9. The van der Waals surface area contributed by atoms with Crippen molar-refractivity contribution in [3.8, 4) is 0 Å². The van der Waals surface area contributed by atoms with E-state index in [-0.39, 0.29) is 16.2 Å². The minimum absolute atomic E-state index is 0.0993. The zero-order valence-corrected chi connectivity index (χ0v) is 12.4. The van der Waals surface area contributed by atoms with Crippen LogP contribution in [-0.4, -0.2) is 23.7 Å². The molecular formula is C13H17BrN2O3. The second kappa shape index (κ2) is 5.98. The summed E-state index contributed by atoms with van der Waals surface area (Å²) in [5.74, 6) is 0. The van der Waals surface area contributed by atoms with E-state index < -0.39 is 0 Å². The summed E-state index contributed by atoms with van der Waals surface area (Å²) in [5.41, 5.74) is 0.898. The van der Waals surface area contributed by atoms with Gasteiger partial charge in [0.15, 0.2) is 0 Å². The number of benzene rings is 1. The van der Waals surface area contributed by atoms with E-state index in [0.29, 0.717) is 6.54 Å². The molecule has 1 heterocycles. The first-order chi connectivity index (χ1) is 8.98. The van der Waals surface area contributed by atoms with Crippen LogP contribution in [0.2, 0.25) is 0 Å². The largest absolute Gasteiger partial charge is 0.374 e. The summed E-state index contributed by atoms with van der Waals surface area (Å²) in [6.45, 7) is 4.27. The van der Waals surface area contributed by atoms with Crippen molar-refractivity contribution in [1.82, 2.24) is 5.32 Å². The van der Waals surface area contributed by atoms with Gasteiger partial charge in [-0.3, -0.25) is 10.1 Å². The molecule has 1 unspecified atom stereocenters. The molecule has 6 heteroatoms. The highest BCUT2D eigenvalue weighted by molar-refractivity contribution is 9.10. The Bertz CT molecular complexity index is 473. The van der Waals surface area contributed by atoms with Crippen molar-refractivity contribution in [1.29, 1.82) is 0 Å². The lowest BCUT2D eigenvalue weighted by Gasteiger charge is -2.23. The van der Waals surface area contributed by atoms with Crippen LogP contribution in [0, 0.1) is 10.1 Å². The van der Waals surface area contributed by atoms with Gasteiger partial charge >= 0.3 is 0 Å². The van der Waals surface area contributed by atoms with E-state index in [1.54, 1.807) is 6.07 Å². The Labute approximate surface area is 120 Å². The third-order valence-electron chi connectivity index (χ3n) is 3.28. The molecule has 1 aliphatic rings. The quantitative estimate of drug-likeness (QED) is 0.666. The van der Waals surface area contributed by atoms with Crippen LogP contribution in [0.3, 0.4) is 0 Å². The molecule has 1 N–H and O–H groups in total. The van der Waals surface area contributed by atoms with Crippen LogP contribution in [0.1, 0.15) is 25.3 Å². The lowest BCUT2D eigenvalue weighted by Crippen LogP contribution is -2.36. The molecule has 0 spiro atoms. The third-order valence-corrected chi connectivity index (χ3v) is 3.74. The predicted octanol–water partition coefficient (Wildman–Crippen LogP) is 3.02. The van der Waals surface area contributed by atoms with Gasteiger partial charge in [-0.25, -0.2) is 0 Å². The minimum Gasteiger partial charge on any atom is -0.374 e. The van der Waals surface area contributed by atoms with Gasteiger partial charge in [0.2, 0.25) is 0 Å². The van der Waals surface area contributed by atoms with Crippen molar-refractivity contribution >= 4 is 21.6 Å². The van der Waals surface area contributed by atoms with E-state index >= 15 is 0 Å². The predicted molar refractivity (Wildman–Crippen MR) is 76.1 cm³/mol. The molecule has 1 saturated heterocycles. The normalized spacial score (nSPS) is 22.6. The number of ether oxygens (including phenoxy) is 1. The van der Waals surface area contributed by atoms with Crippen molar-refractivity contribution in [3.05, 3.63) is 38.3 Å². The molecule has 0 aromatic heterocycles. The maximum atomic E-state index is 10.8. The molecule has 104 valence electrons. The Morgan fingerprint density at radius 2 is 2.32 bits per heavy atom. The monoisotopic (exact) mass is 328 g/mol. The SMILES string of the molecule is CC1(CNCc2cc(Br)cc([N+](=O)[O-])c2)CCCO1. The van der Waals surface area contributed by atoms with Crippen molar-refractivity contribution in [2.45, 2.75) is 31.9 Å². The van der Waals surface area contributed by atoms with Crippen LogP contribution in [0.15, 0.2) is 22.7 Å². The van der Waals surface area contributed by atoms with Gasteiger partial charge in [0, 0.05) is 36.3 Å². The molecule has 19 heavy (non-hydrogen) atoms. The second-order valence-corrected chi connectivity index (χ2v) is 6.00. The number of hydrogen-bond acceptors (Lipinski definition) is 4. The van der Waals surface area contributed by atoms with E-state index in [1.165, 1.54) is 6.07 Å². The standard InChI is InChI=1S/C13H17BrN2O3/c1-13(3-2-4-19-13)9-15-8-10-5-11(14)7-12(6-10)16(17)18/h5-7,15H,2-4,8-9H2,1H3. The van der Waals surface area contributed by atoms with Crippen molar-refractivity contribution < 1.29 is 9.66 Å². The van der Waals surface area contributed by atoms with Gasteiger partial charge in [-0.05, 0) is 31.4 Å². The van der Waals surface area contributed by atoms with Crippen LogP contribution in [0.5, 0.6) is 0 Å². The zero-order chi connectivity index (χ0) is 13.9. The molecule has 1 aliphatic heterocycles. The molecule has 0 aliphatic carbocycles. The lowest BCUT2D eigenvalue weighted by atomic mass is 10.0. The molecule has 0 amide bonds. The summed E-state index contributed by atoms with van der Waals surface area (Å²) < 4.78 is 6.41. The Morgan fingerprint density at radius 1 is 1.53 bits per heavy atom. The van der Waals surface area contributed by atoms with Crippen LogP contribution in [0.4, 0.5) is 5.69 Å². The van der Waals surface area contributed by atoms with E-state index in [1.807, 2.05) is 6.07 Å². The number of halogens is 1. The maximum Gasteiger partial charge on any atom is 0.270 e. The first-order valence-corrected chi connectivity index (χ1v) is 7.06. The summed E-state index contributed by atoms with van der Waals surface area (Å²) in [6, 6.07) is 4.98. The summed E-state index contributed by atoms with van der Waals surface area (Å²) in [7, 11) is 0. The Balaban J connectivity index is 1.94. The summed E-state index contributed by atoms with van der Waals surface area (Å²) in [6.07, 6.45) is 2.15. The Kier molecular flexibility index (Phi) is 4.54. The van der Waals surface area contributed by atoms with Gasteiger partial charge in [0.1, 0.15) is 0 Å². The number of hydrogen-bond donors (Lipinski definition) is 1. The van der Waals surface area contributed by atoms with Gasteiger partial charge in [-0.1, -0.05) is 15.9 Å². The molecular weight excluding hydrogens is 312 g/mol. The van der Waals surface area contributed by atoms with Gasteiger partial charge in [0.05, 0.1) is 10.5 Å². The molecule has 0 saturated carbocycles. The minimum atomic E-state index is -0.379. The lowest BCUT2D eigenvalue weighted by molar-refractivity contribution is -0.385. The topological polar surface area (TPSA) is 64.4 Å². The van der Waals surface area contributed by atoms with Crippen LogP contribution >= 0.6 is 15.9 Å². The molecule has 1 aromatic carbocycles. The fourth-order valence-electron chi connectivity index (χ4n) is 2.29. The molecule has 5 nitrogen and oxygen atoms in total.